The smallest absolute Gasteiger partial charge is 0.329 e. The molecule has 0 saturated heterocycles. The second-order valence-corrected chi connectivity index (χ2v) is 6.74. The second-order valence-electron chi connectivity index (χ2n) is 6.74. The van der Waals surface area contributed by atoms with Crippen LogP contribution in [0, 0.1) is 0 Å². The number of imide groups is 3. The zero-order chi connectivity index (χ0) is 19.6. The summed E-state index contributed by atoms with van der Waals surface area (Å²) >= 11 is 0. The topological polar surface area (TPSA) is 106 Å². The first-order valence-electron chi connectivity index (χ1n) is 10.1. The molecule has 0 rings (SSSR count). The fourth-order valence-electron chi connectivity index (χ4n) is 2.81. The molecule has 0 aromatic carbocycles. The van der Waals surface area contributed by atoms with Crippen molar-refractivity contribution < 1.29 is 14.4 Å². The van der Waals surface area contributed by atoms with E-state index in [1.807, 2.05) is 0 Å². The number of urea groups is 2. The predicted octanol–water partition coefficient (Wildman–Crippen LogP) is 5.01. The molecule has 0 aliphatic heterocycles. The van der Waals surface area contributed by atoms with E-state index in [1.54, 1.807) is 0 Å². The molecule has 0 unspecified atom stereocenters. The van der Waals surface area contributed by atoms with Gasteiger partial charge >= 0.3 is 12.1 Å². The van der Waals surface area contributed by atoms with E-state index in [0.29, 0.717) is 11.3 Å². The number of hydrogen-bond donors (Lipinski definition) is 2. The summed E-state index contributed by atoms with van der Waals surface area (Å²) in [7, 11) is 0. The van der Waals surface area contributed by atoms with Gasteiger partial charge in [-0.15, -0.1) is 0 Å². The first-order chi connectivity index (χ1) is 12.5. The van der Waals surface area contributed by atoms with E-state index in [0.717, 1.165) is 32.1 Å². The van der Waals surface area contributed by atoms with Crippen molar-refractivity contribution in [1.29, 1.82) is 0 Å². The number of nitrogens with two attached hydrogens (primary N) is 2. The van der Waals surface area contributed by atoms with Crippen LogP contribution in [-0.4, -0.2) is 22.9 Å². The third-order valence-electron chi connectivity index (χ3n) is 4.34. The van der Waals surface area contributed by atoms with Crippen molar-refractivity contribution >= 4 is 18.0 Å². The van der Waals surface area contributed by atoms with Crippen LogP contribution >= 0.6 is 0 Å². The first kappa shape index (κ1) is 24.1. The van der Waals surface area contributed by atoms with Crippen LogP contribution in [0.4, 0.5) is 9.59 Å². The lowest BCUT2D eigenvalue weighted by molar-refractivity contribution is -0.125. The Balaban J connectivity index is 3.48. The number of carbonyl (C=O) groups is 3. The Hall–Kier alpha value is -1.85. The van der Waals surface area contributed by atoms with E-state index < -0.39 is 18.0 Å². The van der Waals surface area contributed by atoms with Crippen LogP contribution in [0.1, 0.15) is 96.8 Å². The summed E-state index contributed by atoms with van der Waals surface area (Å²) in [5.41, 5.74) is 9.91. The van der Waals surface area contributed by atoms with Gasteiger partial charge in [-0.2, -0.15) is 4.90 Å². The fourth-order valence-corrected chi connectivity index (χ4v) is 2.81. The predicted molar refractivity (Wildman–Crippen MR) is 105 cm³/mol. The van der Waals surface area contributed by atoms with Gasteiger partial charge in [0.15, 0.2) is 0 Å². The Morgan fingerprint density at radius 2 is 1.12 bits per heavy atom. The number of hydrogen-bond acceptors (Lipinski definition) is 3. The molecule has 6 heteroatoms. The first-order valence-corrected chi connectivity index (χ1v) is 10.1. The molecule has 0 radical (unpaired) electrons. The van der Waals surface area contributed by atoms with Crippen LogP contribution in [0.2, 0.25) is 0 Å². The summed E-state index contributed by atoms with van der Waals surface area (Å²) in [5, 5.41) is 0. The van der Waals surface area contributed by atoms with Crippen molar-refractivity contribution in [3.8, 4) is 0 Å². The molecule has 0 spiro atoms. The molecule has 0 fully saturated rings. The van der Waals surface area contributed by atoms with E-state index in [1.165, 1.54) is 44.9 Å². The summed E-state index contributed by atoms with van der Waals surface area (Å²) in [6.45, 7) is 2.24. The Labute approximate surface area is 158 Å². The lowest BCUT2D eigenvalue weighted by Gasteiger charge is -2.13. The van der Waals surface area contributed by atoms with Crippen LogP contribution in [0.3, 0.4) is 0 Å². The third-order valence-corrected chi connectivity index (χ3v) is 4.34. The lowest BCUT2D eigenvalue weighted by atomic mass is 10.1. The average Bonchev–Trinajstić information content (AvgIpc) is 2.57. The van der Waals surface area contributed by atoms with Gasteiger partial charge in [0.05, 0.1) is 0 Å². The highest BCUT2D eigenvalue weighted by Crippen LogP contribution is 2.10. The van der Waals surface area contributed by atoms with Crippen molar-refractivity contribution in [3.63, 3.8) is 0 Å². The number of unbranched alkanes of at least 4 members (excludes halogenated alkanes) is 11. The van der Waals surface area contributed by atoms with Gasteiger partial charge in [0, 0.05) is 6.42 Å². The minimum Gasteiger partial charge on any atom is -0.351 e. The zero-order valence-corrected chi connectivity index (χ0v) is 16.4. The molecule has 0 saturated carbocycles. The highest BCUT2D eigenvalue weighted by molar-refractivity contribution is 6.08. The number of allylic oxidation sites excluding steroid dienone is 2. The van der Waals surface area contributed by atoms with Crippen LogP contribution in [-0.2, 0) is 4.79 Å². The number of primary amides is 2. The molecule has 26 heavy (non-hydrogen) atoms. The van der Waals surface area contributed by atoms with Gasteiger partial charge in [0.25, 0.3) is 0 Å². The molecular weight excluding hydrogens is 330 g/mol. The Morgan fingerprint density at radius 1 is 0.692 bits per heavy atom. The maximum Gasteiger partial charge on any atom is 0.329 e. The molecule has 4 N–H and O–H groups in total. The standard InChI is InChI=1S/C20H37N3O3/c1-2-3-4-5-6-7-8-9-10-11-12-13-14-15-16-17-18(24)23(19(21)25)20(22)26/h9-10H,2-8,11-17H2,1H3,(H2,21,25)(H2,22,26). The second kappa shape index (κ2) is 16.6. The quantitative estimate of drug-likeness (QED) is 0.314. The van der Waals surface area contributed by atoms with Crippen molar-refractivity contribution in [2.24, 2.45) is 11.5 Å². The fraction of sp³-hybridized carbons (Fsp3) is 0.750. The molecule has 6 nitrogen and oxygen atoms in total. The average molecular weight is 368 g/mol. The molecule has 0 aliphatic rings. The number of nitrogens with zero attached hydrogens (tertiary/aromatic N) is 1. The van der Waals surface area contributed by atoms with Crippen molar-refractivity contribution in [1.82, 2.24) is 4.90 Å². The molecule has 0 aromatic rings. The Kier molecular flexibility index (Phi) is 15.4. The molecule has 0 aromatic heterocycles. The normalized spacial score (nSPS) is 11.0. The van der Waals surface area contributed by atoms with Gasteiger partial charge < -0.3 is 11.5 Å². The SMILES string of the molecule is CCCCCCCCC=CCCCCCCCC(=O)N(C(N)=O)C(N)=O. The molecular formula is C20H37N3O3. The van der Waals surface area contributed by atoms with E-state index in [-0.39, 0.29) is 6.42 Å². The van der Waals surface area contributed by atoms with Gasteiger partial charge in [-0.1, -0.05) is 70.4 Å². The summed E-state index contributed by atoms with van der Waals surface area (Å²) in [5.74, 6) is -0.623. The number of carbonyl (C=O) groups excluding carboxylic acids is 3. The van der Waals surface area contributed by atoms with Gasteiger partial charge in [0.1, 0.15) is 0 Å². The van der Waals surface area contributed by atoms with Gasteiger partial charge in [-0.25, -0.2) is 9.59 Å². The minimum atomic E-state index is -1.12. The van der Waals surface area contributed by atoms with E-state index in [4.69, 9.17) is 11.5 Å². The Bertz CT molecular complexity index is 422. The van der Waals surface area contributed by atoms with Crippen LogP contribution in [0.25, 0.3) is 0 Å². The molecule has 0 atom stereocenters. The molecule has 0 heterocycles. The summed E-state index contributed by atoms with van der Waals surface area (Å²) in [4.78, 5) is 33.9. The molecule has 150 valence electrons. The lowest BCUT2D eigenvalue weighted by Crippen LogP contribution is -2.47. The maximum atomic E-state index is 11.7. The number of amides is 5. The molecule has 5 amide bonds. The van der Waals surface area contributed by atoms with Crippen LogP contribution in [0.15, 0.2) is 12.2 Å². The van der Waals surface area contributed by atoms with Crippen LogP contribution in [0.5, 0.6) is 0 Å². The van der Waals surface area contributed by atoms with Crippen LogP contribution < -0.4 is 11.5 Å². The third kappa shape index (κ3) is 13.4. The van der Waals surface area contributed by atoms with Gasteiger partial charge in [0.2, 0.25) is 5.91 Å². The van der Waals surface area contributed by atoms with Crippen molar-refractivity contribution in [2.45, 2.75) is 96.8 Å². The van der Waals surface area contributed by atoms with Gasteiger partial charge in [-0.05, 0) is 32.1 Å². The summed E-state index contributed by atoms with van der Waals surface area (Å²) in [6, 6.07) is -2.23. The molecule has 0 bridgehead atoms. The highest BCUT2D eigenvalue weighted by atomic mass is 16.2. The largest absolute Gasteiger partial charge is 0.351 e. The number of rotatable bonds is 15. The van der Waals surface area contributed by atoms with Crippen molar-refractivity contribution in [3.05, 3.63) is 12.2 Å². The van der Waals surface area contributed by atoms with E-state index in [2.05, 4.69) is 19.1 Å². The summed E-state index contributed by atoms with van der Waals surface area (Å²) < 4.78 is 0. The monoisotopic (exact) mass is 367 g/mol. The van der Waals surface area contributed by atoms with E-state index in [9.17, 15) is 14.4 Å². The minimum absolute atomic E-state index is 0.115. The highest BCUT2D eigenvalue weighted by Gasteiger charge is 2.23. The maximum absolute atomic E-state index is 11.7. The zero-order valence-electron chi connectivity index (χ0n) is 16.4. The summed E-state index contributed by atoms with van der Waals surface area (Å²) in [6.07, 6.45) is 19.8. The Morgan fingerprint density at radius 3 is 1.58 bits per heavy atom. The molecule has 0 aliphatic carbocycles. The van der Waals surface area contributed by atoms with Crippen molar-refractivity contribution in [2.75, 3.05) is 0 Å². The van der Waals surface area contributed by atoms with E-state index >= 15 is 0 Å². The van der Waals surface area contributed by atoms with Gasteiger partial charge in [-0.3, -0.25) is 4.79 Å².